The number of nitrogens with one attached hydrogen (secondary N) is 1. The molecule has 0 spiro atoms. The Morgan fingerprint density at radius 3 is 2.32 bits per heavy atom. The first kappa shape index (κ1) is 20.9. The number of nitrogens with zero attached hydrogens (tertiary/aromatic N) is 4. The van der Waals surface area contributed by atoms with E-state index in [1.165, 1.54) is 27.9 Å². The molecule has 0 aromatic heterocycles. The molecule has 1 atom stereocenters. The van der Waals surface area contributed by atoms with Gasteiger partial charge in [-0.1, -0.05) is 0 Å². The molecule has 166 valence electrons. The smallest absolute Gasteiger partial charge is 0.414 e. The summed E-state index contributed by atoms with van der Waals surface area (Å²) in [4.78, 5) is 50.6. The molecule has 4 amide bonds. The van der Waals surface area contributed by atoms with Crippen molar-refractivity contribution < 1.29 is 28.3 Å². The summed E-state index contributed by atoms with van der Waals surface area (Å²) >= 11 is 0. The van der Waals surface area contributed by atoms with Crippen molar-refractivity contribution in [2.75, 3.05) is 49.1 Å². The van der Waals surface area contributed by atoms with E-state index in [4.69, 9.17) is 4.74 Å². The van der Waals surface area contributed by atoms with E-state index in [9.17, 15) is 23.6 Å². The van der Waals surface area contributed by atoms with Gasteiger partial charge < -0.3 is 15.0 Å². The van der Waals surface area contributed by atoms with Gasteiger partial charge in [0.1, 0.15) is 11.9 Å². The Balaban J connectivity index is 1.45. The summed E-state index contributed by atoms with van der Waals surface area (Å²) in [6.45, 7) is 3.14. The second kappa shape index (κ2) is 8.40. The highest BCUT2D eigenvalue weighted by Gasteiger charge is 2.35. The summed E-state index contributed by atoms with van der Waals surface area (Å²) in [7, 11) is 0. The fourth-order valence-corrected chi connectivity index (χ4v) is 4.03. The maximum absolute atomic E-state index is 15.0. The Hall–Kier alpha value is -3.37. The molecule has 0 bridgehead atoms. The Kier molecular flexibility index (Phi) is 5.66. The molecule has 0 aliphatic carbocycles. The lowest BCUT2D eigenvalue weighted by Crippen LogP contribution is -2.53. The van der Waals surface area contributed by atoms with Gasteiger partial charge in [-0.05, 0) is 18.2 Å². The Labute approximate surface area is 178 Å². The molecule has 3 saturated heterocycles. The first-order chi connectivity index (χ1) is 14.8. The van der Waals surface area contributed by atoms with Crippen LogP contribution in [0.25, 0.3) is 0 Å². The van der Waals surface area contributed by atoms with Gasteiger partial charge in [-0.15, -0.1) is 0 Å². The van der Waals surface area contributed by atoms with Gasteiger partial charge in [0, 0.05) is 32.9 Å². The number of ether oxygens (including phenoxy) is 1. The summed E-state index contributed by atoms with van der Waals surface area (Å²) in [5.41, 5.74) is 0.699. The van der Waals surface area contributed by atoms with Crippen molar-refractivity contribution in [2.24, 2.45) is 0 Å². The summed E-state index contributed by atoms with van der Waals surface area (Å²) < 4.78 is 20.2. The molecular weight excluding hydrogens is 409 g/mol. The summed E-state index contributed by atoms with van der Waals surface area (Å²) in [6, 6.07) is 4.49. The van der Waals surface area contributed by atoms with Crippen LogP contribution in [0.4, 0.5) is 20.6 Å². The molecule has 3 fully saturated rings. The van der Waals surface area contributed by atoms with Crippen molar-refractivity contribution in [2.45, 2.75) is 25.9 Å². The predicted octanol–water partition coefficient (Wildman–Crippen LogP) is 0.473. The molecule has 0 unspecified atom stereocenters. The van der Waals surface area contributed by atoms with Gasteiger partial charge in [-0.25, -0.2) is 19.2 Å². The number of hydrogen-bond donors (Lipinski definition) is 1. The van der Waals surface area contributed by atoms with E-state index < -0.39 is 18.0 Å². The molecule has 1 aromatic carbocycles. The van der Waals surface area contributed by atoms with Crippen LogP contribution < -0.4 is 15.1 Å². The fourth-order valence-electron chi connectivity index (χ4n) is 4.03. The van der Waals surface area contributed by atoms with Crippen LogP contribution in [0.1, 0.15) is 19.8 Å². The average molecular weight is 433 g/mol. The molecule has 10 nitrogen and oxygen atoms in total. The highest BCUT2D eigenvalue weighted by atomic mass is 19.1. The van der Waals surface area contributed by atoms with E-state index in [1.54, 1.807) is 17.0 Å². The first-order valence-electron chi connectivity index (χ1n) is 10.2. The number of hydrogen-bond acceptors (Lipinski definition) is 6. The van der Waals surface area contributed by atoms with Crippen LogP contribution in [0, 0.1) is 5.82 Å². The van der Waals surface area contributed by atoms with E-state index in [0.29, 0.717) is 37.6 Å². The van der Waals surface area contributed by atoms with E-state index in [-0.39, 0.29) is 43.7 Å². The van der Waals surface area contributed by atoms with Gasteiger partial charge in [0.25, 0.3) is 0 Å². The van der Waals surface area contributed by atoms with Crippen molar-refractivity contribution in [1.29, 1.82) is 0 Å². The predicted molar refractivity (Wildman–Crippen MR) is 108 cm³/mol. The van der Waals surface area contributed by atoms with Crippen molar-refractivity contribution in [3.8, 4) is 0 Å². The molecule has 3 aliphatic heterocycles. The minimum Gasteiger partial charge on any atom is -0.442 e. The molecule has 0 radical (unpaired) electrons. The number of hydrazine groups is 1. The van der Waals surface area contributed by atoms with Gasteiger partial charge in [-0.3, -0.25) is 19.3 Å². The summed E-state index contributed by atoms with van der Waals surface area (Å²) in [5.74, 6) is -0.932. The number of fused-ring (bicyclic) bond motifs is 1. The third-order valence-corrected chi connectivity index (χ3v) is 5.62. The van der Waals surface area contributed by atoms with Gasteiger partial charge in [0.2, 0.25) is 17.7 Å². The number of amides is 4. The normalized spacial score (nSPS) is 21.7. The van der Waals surface area contributed by atoms with Crippen molar-refractivity contribution in [1.82, 2.24) is 15.3 Å². The third kappa shape index (κ3) is 4.25. The van der Waals surface area contributed by atoms with Crippen molar-refractivity contribution in [3.05, 3.63) is 24.0 Å². The molecule has 3 heterocycles. The monoisotopic (exact) mass is 433 g/mol. The van der Waals surface area contributed by atoms with Gasteiger partial charge in [0.05, 0.1) is 37.6 Å². The molecular formula is C20H24FN5O5. The molecule has 11 heteroatoms. The zero-order chi connectivity index (χ0) is 22.1. The Bertz CT molecular complexity index is 899. The van der Waals surface area contributed by atoms with Crippen molar-refractivity contribution in [3.63, 3.8) is 0 Å². The van der Waals surface area contributed by atoms with Gasteiger partial charge >= 0.3 is 6.09 Å². The third-order valence-electron chi connectivity index (χ3n) is 5.62. The maximum atomic E-state index is 15.0. The van der Waals surface area contributed by atoms with Crippen LogP contribution in [0.5, 0.6) is 0 Å². The number of rotatable bonds is 4. The Morgan fingerprint density at radius 1 is 1.10 bits per heavy atom. The van der Waals surface area contributed by atoms with Gasteiger partial charge in [-0.2, -0.15) is 0 Å². The second-order valence-corrected chi connectivity index (χ2v) is 7.71. The van der Waals surface area contributed by atoms with Crippen LogP contribution in [0.2, 0.25) is 0 Å². The number of benzene rings is 1. The fraction of sp³-hybridized carbons (Fsp3) is 0.500. The summed E-state index contributed by atoms with van der Waals surface area (Å²) in [5, 5.41) is 5.50. The van der Waals surface area contributed by atoms with E-state index in [2.05, 4.69) is 5.32 Å². The van der Waals surface area contributed by atoms with Crippen molar-refractivity contribution >= 4 is 35.2 Å². The highest BCUT2D eigenvalue weighted by Crippen LogP contribution is 2.29. The van der Waals surface area contributed by atoms with Crippen LogP contribution in [0.15, 0.2) is 18.2 Å². The topological polar surface area (TPSA) is 103 Å². The van der Waals surface area contributed by atoms with E-state index in [0.717, 1.165) is 0 Å². The largest absolute Gasteiger partial charge is 0.442 e. The second-order valence-electron chi connectivity index (χ2n) is 7.71. The zero-order valence-electron chi connectivity index (χ0n) is 17.2. The number of anilines is 2. The molecule has 4 rings (SSSR count). The average Bonchev–Trinajstić information content (AvgIpc) is 2.95. The highest BCUT2D eigenvalue weighted by molar-refractivity contribution is 5.90. The molecule has 1 aromatic rings. The number of cyclic esters (lactones) is 1. The standard InChI is InChI=1S/C20H24FN5O5/c1-13(27)22-11-15-12-24(20(30)31-15)14-2-3-17(16(21)10-14)23-6-8-25-18(28)4-5-19(29)26(25)9-7-23/h2-3,10,15H,4-9,11-12H2,1H3,(H,22,27)/t15-/m0/s1. The first-order valence-corrected chi connectivity index (χ1v) is 10.2. The lowest BCUT2D eigenvalue weighted by Gasteiger charge is -2.36. The summed E-state index contributed by atoms with van der Waals surface area (Å²) in [6.07, 6.45) is -0.703. The number of carbonyl (C=O) groups excluding carboxylic acids is 4. The molecule has 1 N–H and O–H groups in total. The quantitative estimate of drug-likeness (QED) is 0.741. The molecule has 0 saturated carbocycles. The minimum absolute atomic E-state index is 0.0985. The number of halogens is 1. The van der Waals surface area contributed by atoms with E-state index >= 15 is 0 Å². The lowest BCUT2D eigenvalue weighted by atomic mass is 10.2. The van der Waals surface area contributed by atoms with Crippen LogP contribution in [-0.2, 0) is 19.1 Å². The minimum atomic E-state index is -0.598. The Morgan fingerprint density at radius 2 is 1.74 bits per heavy atom. The van der Waals surface area contributed by atoms with Gasteiger partial charge in [0.15, 0.2) is 0 Å². The van der Waals surface area contributed by atoms with E-state index in [1.807, 2.05) is 0 Å². The molecule has 3 aliphatic rings. The molecule has 31 heavy (non-hydrogen) atoms. The van der Waals surface area contributed by atoms with Crippen LogP contribution >= 0.6 is 0 Å². The van der Waals surface area contributed by atoms with Crippen LogP contribution in [-0.4, -0.2) is 79.2 Å². The SMILES string of the molecule is CC(=O)NC[C@H]1CN(c2ccc(N3CCN4C(=O)CCC(=O)N4CC3)c(F)c2)C(=O)O1. The number of carbonyl (C=O) groups is 4. The zero-order valence-corrected chi connectivity index (χ0v) is 17.2. The van der Waals surface area contributed by atoms with Crippen LogP contribution in [0.3, 0.4) is 0 Å². The lowest BCUT2D eigenvalue weighted by molar-refractivity contribution is -0.169. The maximum Gasteiger partial charge on any atom is 0.414 e.